The van der Waals surface area contributed by atoms with E-state index >= 15 is 0 Å². The zero-order valence-electron chi connectivity index (χ0n) is 21.8. The Balaban J connectivity index is 1.45. The first kappa shape index (κ1) is 26.3. The Kier molecular flexibility index (Phi) is 7.07. The molecule has 2 aliphatic heterocycles. The summed E-state index contributed by atoms with van der Waals surface area (Å²) < 4.78 is 24.6. The van der Waals surface area contributed by atoms with Crippen LogP contribution in [-0.2, 0) is 9.53 Å². The van der Waals surface area contributed by atoms with E-state index in [2.05, 4.69) is 10.6 Å². The van der Waals surface area contributed by atoms with E-state index in [4.69, 9.17) is 9.15 Å². The standard InChI is InChI=1S/C29H28FN3O6/c1-15-23(29(37)33-10-12-38-13-11-33)17(3)39-25(15)16(2)24-21-14-19(6-9-22(21)31-28(24)36)27(35)32-26(34)18-4-7-20(30)8-5-18/h4-9,14,26,34H,10-13H2,1-3H3,(H,31,36)(H,32,35)/b24-16-. The minimum absolute atomic E-state index is 0.143. The van der Waals surface area contributed by atoms with E-state index in [-0.39, 0.29) is 17.4 Å². The zero-order valence-corrected chi connectivity index (χ0v) is 21.8. The van der Waals surface area contributed by atoms with E-state index in [1.165, 1.54) is 30.3 Å². The molecule has 0 radical (unpaired) electrons. The highest BCUT2D eigenvalue weighted by molar-refractivity contribution is 6.36. The van der Waals surface area contributed by atoms with Crippen molar-refractivity contribution in [2.75, 3.05) is 31.6 Å². The van der Waals surface area contributed by atoms with Gasteiger partial charge in [0, 0.05) is 46.6 Å². The minimum atomic E-state index is -1.35. The molecule has 3 aromatic rings. The second-order valence-corrected chi connectivity index (χ2v) is 9.53. The van der Waals surface area contributed by atoms with Crippen molar-refractivity contribution in [3.8, 4) is 0 Å². The number of aryl methyl sites for hydroxylation is 1. The van der Waals surface area contributed by atoms with E-state index in [1.54, 1.807) is 37.8 Å². The fourth-order valence-corrected chi connectivity index (χ4v) is 4.98. The fraction of sp³-hybridized carbons (Fsp3) is 0.276. The molecule has 2 aliphatic rings. The molecule has 3 amide bonds. The van der Waals surface area contributed by atoms with Crippen LogP contribution in [0.3, 0.4) is 0 Å². The third-order valence-electron chi connectivity index (χ3n) is 7.03. The van der Waals surface area contributed by atoms with E-state index in [0.717, 1.165) is 0 Å². The lowest BCUT2D eigenvalue weighted by Gasteiger charge is -2.26. The van der Waals surface area contributed by atoms with Crippen molar-refractivity contribution < 1.29 is 33.0 Å². The molecule has 0 saturated carbocycles. The van der Waals surface area contributed by atoms with Crippen LogP contribution in [0.1, 0.15) is 62.1 Å². The fourth-order valence-electron chi connectivity index (χ4n) is 4.98. The molecule has 2 aromatic carbocycles. The lowest BCUT2D eigenvalue weighted by Crippen LogP contribution is -2.41. The topological polar surface area (TPSA) is 121 Å². The Labute approximate surface area is 224 Å². The van der Waals surface area contributed by atoms with E-state index in [9.17, 15) is 23.9 Å². The normalized spacial score (nSPS) is 16.9. The SMILES string of the molecule is C/C(=C1/C(=O)Nc2ccc(C(=O)NC(O)c3ccc(F)cc3)cc21)c1oc(C)c(C(=O)N2CCOCC2)c1C. The Morgan fingerprint density at radius 3 is 2.49 bits per heavy atom. The monoisotopic (exact) mass is 533 g/mol. The number of hydrogen-bond acceptors (Lipinski definition) is 6. The van der Waals surface area contributed by atoms with Crippen LogP contribution < -0.4 is 10.6 Å². The van der Waals surface area contributed by atoms with Crippen LogP contribution in [0.4, 0.5) is 10.1 Å². The number of amides is 3. The van der Waals surface area contributed by atoms with Gasteiger partial charge in [0.1, 0.15) is 17.3 Å². The van der Waals surface area contributed by atoms with E-state index in [0.29, 0.717) is 76.9 Å². The molecule has 3 heterocycles. The number of morpholine rings is 1. The second-order valence-electron chi connectivity index (χ2n) is 9.53. The summed E-state index contributed by atoms with van der Waals surface area (Å²) in [6.45, 7) is 7.20. The number of hydrogen-bond donors (Lipinski definition) is 3. The number of nitrogens with zero attached hydrogens (tertiary/aromatic N) is 1. The van der Waals surface area contributed by atoms with Gasteiger partial charge in [-0.3, -0.25) is 14.4 Å². The van der Waals surface area contributed by atoms with Gasteiger partial charge in [-0.1, -0.05) is 12.1 Å². The number of furan rings is 1. The van der Waals surface area contributed by atoms with Crippen molar-refractivity contribution in [2.24, 2.45) is 0 Å². The maximum absolute atomic E-state index is 13.2. The summed E-state index contributed by atoms with van der Waals surface area (Å²) in [5, 5.41) is 15.7. The molecule has 3 N–H and O–H groups in total. The van der Waals surface area contributed by atoms with Gasteiger partial charge in [-0.15, -0.1) is 0 Å². The number of carbonyl (C=O) groups is 3. The molecule has 1 unspecified atom stereocenters. The summed E-state index contributed by atoms with van der Waals surface area (Å²) in [7, 11) is 0. The summed E-state index contributed by atoms with van der Waals surface area (Å²) >= 11 is 0. The summed E-state index contributed by atoms with van der Waals surface area (Å²) in [5.74, 6) is -0.655. The number of halogens is 1. The van der Waals surface area contributed by atoms with Crippen molar-refractivity contribution in [3.05, 3.63) is 87.6 Å². The van der Waals surface area contributed by atoms with Gasteiger partial charge < -0.3 is 29.8 Å². The summed E-state index contributed by atoms with van der Waals surface area (Å²) in [6.07, 6.45) is -1.35. The Morgan fingerprint density at radius 2 is 1.79 bits per heavy atom. The predicted molar refractivity (Wildman–Crippen MR) is 141 cm³/mol. The van der Waals surface area contributed by atoms with Gasteiger partial charge >= 0.3 is 0 Å². The molecule has 1 fully saturated rings. The summed E-state index contributed by atoms with van der Waals surface area (Å²) in [5.41, 5.74) is 3.50. The van der Waals surface area contributed by atoms with Crippen molar-refractivity contribution >= 4 is 34.6 Å². The average Bonchev–Trinajstić information content (AvgIpc) is 3.42. The van der Waals surface area contributed by atoms with Crippen LogP contribution in [-0.4, -0.2) is 54.0 Å². The van der Waals surface area contributed by atoms with E-state index < -0.39 is 18.0 Å². The second kappa shape index (κ2) is 10.5. The molecule has 10 heteroatoms. The number of aliphatic hydroxyl groups is 1. The van der Waals surface area contributed by atoms with Gasteiger partial charge in [-0.25, -0.2) is 4.39 Å². The Hall–Kier alpha value is -4.28. The van der Waals surface area contributed by atoms with Crippen LogP contribution in [0, 0.1) is 19.7 Å². The quantitative estimate of drug-likeness (QED) is 0.339. The molecule has 1 aromatic heterocycles. The lowest BCUT2D eigenvalue weighted by molar-refractivity contribution is -0.110. The average molecular weight is 534 g/mol. The van der Waals surface area contributed by atoms with E-state index in [1.807, 2.05) is 0 Å². The van der Waals surface area contributed by atoms with Gasteiger partial charge in [0.2, 0.25) is 0 Å². The molecule has 39 heavy (non-hydrogen) atoms. The van der Waals surface area contributed by atoms with Crippen molar-refractivity contribution in [2.45, 2.75) is 27.0 Å². The molecular formula is C29H28FN3O6. The van der Waals surface area contributed by atoms with Gasteiger partial charge in [0.05, 0.1) is 24.4 Å². The first-order valence-electron chi connectivity index (χ1n) is 12.5. The van der Waals surface area contributed by atoms with Gasteiger partial charge in [0.25, 0.3) is 17.7 Å². The predicted octanol–water partition coefficient (Wildman–Crippen LogP) is 3.81. The number of fused-ring (bicyclic) bond motifs is 1. The highest BCUT2D eigenvalue weighted by Crippen LogP contribution is 2.40. The van der Waals surface area contributed by atoms with Gasteiger partial charge in [0.15, 0.2) is 6.23 Å². The highest BCUT2D eigenvalue weighted by atomic mass is 19.1. The molecule has 0 spiro atoms. The lowest BCUT2D eigenvalue weighted by atomic mass is 9.96. The Bertz CT molecular complexity index is 1500. The molecule has 0 aliphatic carbocycles. The zero-order chi connectivity index (χ0) is 27.8. The summed E-state index contributed by atoms with van der Waals surface area (Å²) in [4.78, 5) is 40.9. The number of aliphatic hydroxyl groups excluding tert-OH is 1. The minimum Gasteiger partial charge on any atom is -0.461 e. The number of ether oxygens (including phenoxy) is 1. The number of anilines is 1. The van der Waals surface area contributed by atoms with Gasteiger partial charge in [-0.2, -0.15) is 0 Å². The number of carbonyl (C=O) groups excluding carboxylic acids is 3. The third kappa shape index (κ3) is 4.96. The largest absolute Gasteiger partial charge is 0.461 e. The molecule has 9 nitrogen and oxygen atoms in total. The van der Waals surface area contributed by atoms with Crippen LogP contribution in [0.2, 0.25) is 0 Å². The molecular weight excluding hydrogens is 505 g/mol. The van der Waals surface area contributed by atoms with Crippen LogP contribution >= 0.6 is 0 Å². The smallest absolute Gasteiger partial charge is 0.257 e. The molecule has 5 rings (SSSR count). The Morgan fingerprint density at radius 1 is 1.10 bits per heavy atom. The van der Waals surface area contributed by atoms with Crippen LogP contribution in [0.25, 0.3) is 11.1 Å². The molecule has 1 atom stereocenters. The van der Waals surface area contributed by atoms with Crippen molar-refractivity contribution in [1.29, 1.82) is 0 Å². The van der Waals surface area contributed by atoms with Crippen molar-refractivity contribution in [1.82, 2.24) is 10.2 Å². The maximum Gasteiger partial charge on any atom is 0.257 e. The van der Waals surface area contributed by atoms with Crippen molar-refractivity contribution in [3.63, 3.8) is 0 Å². The van der Waals surface area contributed by atoms with Gasteiger partial charge in [-0.05, 0) is 51.1 Å². The van der Waals surface area contributed by atoms with Crippen LogP contribution in [0.15, 0.2) is 46.9 Å². The first-order valence-corrected chi connectivity index (χ1v) is 12.5. The number of allylic oxidation sites excluding steroid dienone is 1. The summed E-state index contributed by atoms with van der Waals surface area (Å²) in [6, 6.07) is 9.84. The molecule has 1 saturated heterocycles. The third-order valence-corrected chi connectivity index (χ3v) is 7.03. The van der Waals surface area contributed by atoms with Crippen LogP contribution in [0.5, 0.6) is 0 Å². The number of nitrogens with one attached hydrogen (secondary N) is 2. The molecule has 0 bridgehead atoms. The number of benzene rings is 2. The molecule has 202 valence electrons. The first-order chi connectivity index (χ1) is 18.7. The highest BCUT2D eigenvalue weighted by Gasteiger charge is 2.32. The number of rotatable bonds is 5. The maximum atomic E-state index is 13.2.